The van der Waals surface area contributed by atoms with E-state index in [2.05, 4.69) is 12.2 Å². The third-order valence-corrected chi connectivity index (χ3v) is 3.17. The van der Waals surface area contributed by atoms with E-state index >= 15 is 0 Å². The lowest BCUT2D eigenvalue weighted by Crippen LogP contribution is -2.29. The minimum absolute atomic E-state index is 0.157. The monoisotopic (exact) mass is 275 g/mol. The van der Waals surface area contributed by atoms with Crippen LogP contribution in [0, 0.1) is 0 Å². The van der Waals surface area contributed by atoms with Gasteiger partial charge in [-0.3, -0.25) is 0 Å². The fourth-order valence-corrected chi connectivity index (χ4v) is 2.10. The van der Waals surface area contributed by atoms with Crippen molar-refractivity contribution in [3.05, 3.63) is 33.8 Å². The summed E-state index contributed by atoms with van der Waals surface area (Å²) in [6.07, 6.45) is 0.195. The van der Waals surface area contributed by atoms with Gasteiger partial charge in [-0.15, -0.1) is 0 Å². The standard InChI is InChI=1S/C13H19Cl2NO/c1-4-17-9(2)8-16-10(3)12-7-11(14)5-6-13(12)15/h5-7,9-10,16H,4,8H2,1-3H3. The molecule has 0 saturated heterocycles. The molecule has 1 aromatic carbocycles. The van der Waals surface area contributed by atoms with E-state index < -0.39 is 0 Å². The van der Waals surface area contributed by atoms with Crippen molar-refractivity contribution < 1.29 is 4.74 Å². The molecular weight excluding hydrogens is 257 g/mol. The smallest absolute Gasteiger partial charge is 0.0671 e. The average Bonchev–Trinajstić information content (AvgIpc) is 2.29. The zero-order valence-corrected chi connectivity index (χ0v) is 12.0. The summed E-state index contributed by atoms with van der Waals surface area (Å²) in [5.74, 6) is 0. The van der Waals surface area contributed by atoms with E-state index in [-0.39, 0.29) is 12.1 Å². The third-order valence-electron chi connectivity index (χ3n) is 2.59. The van der Waals surface area contributed by atoms with Crippen molar-refractivity contribution in [2.45, 2.75) is 32.9 Å². The molecule has 1 rings (SSSR count). The second kappa shape index (κ2) is 7.22. The van der Waals surface area contributed by atoms with Crippen LogP contribution >= 0.6 is 23.2 Å². The van der Waals surface area contributed by atoms with E-state index in [4.69, 9.17) is 27.9 Å². The van der Waals surface area contributed by atoms with E-state index in [1.165, 1.54) is 0 Å². The lowest BCUT2D eigenvalue weighted by molar-refractivity contribution is 0.0743. The first kappa shape index (κ1) is 14.8. The topological polar surface area (TPSA) is 21.3 Å². The minimum atomic E-state index is 0.157. The third kappa shape index (κ3) is 4.84. The summed E-state index contributed by atoms with van der Waals surface area (Å²) in [5.41, 5.74) is 1.02. The molecule has 0 heterocycles. The fraction of sp³-hybridized carbons (Fsp3) is 0.538. The molecule has 0 fully saturated rings. The highest BCUT2D eigenvalue weighted by molar-refractivity contribution is 6.33. The van der Waals surface area contributed by atoms with E-state index in [0.717, 1.165) is 23.7 Å². The molecule has 2 nitrogen and oxygen atoms in total. The van der Waals surface area contributed by atoms with Gasteiger partial charge in [0.2, 0.25) is 0 Å². The molecule has 0 aromatic heterocycles. The van der Waals surface area contributed by atoms with Crippen molar-refractivity contribution in [2.75, 3.05) is 13.2 Å². The summed E-state index contributed by atoms with van der Waals surface area (Å²) < 4.78 is 5.46. The molecule has 1 aromatic rings. The van der Waals surface area contributed by atoms with Crippen LogP contribution in [0.4, 0.5) is 0 Å². The number of benzene rings is 1. The van der Waals surface area contributed by atoms with Crippen LogP contribution in [0.3, 0.4) is 0 Å². The van der Waals surface area contributed by atoms with Gasteiger partial charge in [0.15, 0.2) is 0 Å². The Kier molecular flexibility index (Phi) is 6.28. The summed E-state index contributed by atoms with van der Waals surface area (Å²) >= 11 is 12.1. The lowest BCUT2D eigenvalue weighted by Gasteiger charge is -2.19. The quantitative estimate of drug-likeness (QED) is 0.845. The normalized spacial score (nSPS) is 14.6. The van der Waals surface area contributed by atoms with Gasteiger partial charge < -0.3 is 10.1 Å². The predicted octanol–water partition coefficient (Wildman–Crippen LogP) is 4.07. The number of nitrogens with one attached hydrogen (secondary N) is 1. The molecule has 4 heteroatoms. The van der Waals surface area contributed by atoms with Crippen molar-refractivity contribution in [3.63, 3.8) is 0 Å². The molecule has 0 amide bonds. The lowest BCUT2D eigenvalue weighted by atomic mass is 10.1. The highest BCUT2D eigenvalue weighted by Gasteiger charge is 2.11. The van der Waals surface area contributed by atoms with Gasteiger partial charge in [0.1, 0.15) is 0 Å². The molecule has 0 aliphatic heterocycles. The molecule has 0 saturated carbocycles. The first-order chi connectivity index (χ1) is 8.04. The zero-order valence-electron chi connectivity index (χ0n) is 10.5. The second-order valence-corrected chi connectivity index (χ2v) is 4.91. The van der Waals surface area contributed by atoms with Gasteiger partial charge in [0.05, 0.1) is 6.10 Å². The van der Waals surface area contributed by atoms with Crippen LogP contribution in [-0.2, 0) is 4.74 Å². The minimum Gasteiger partial charge on any atom is -0.377 e. The molecule has 0 radical (unpaired) electrons. The molecule has 1 N–H and O–H groups in total. The van der Waals surface area contributed by atoms with Crippen molar-refractivity contribution in [1.82, 2.24) is 5.32 Å². The highest BCUT2D eigenvalue weighted by atomic mass is 35.5. The Bertz CT molecular complexity index is 357. The number of ether oxygens (including phenoxy) is 1. The first-order valence-electron chi connectivity index (χ1n) is 5.84. The molecule has 0 bridgehead atoms. The van der Waals surface area contributed by atoms with Crippen LogP contribution in [0.5, 0.6) is 0 Å². The maximum atomic E-state index is 6.14. The SMILES string of the molecule is CCOC(C)CNC(C)c1cc(Cl)ccc1Cl. The molecule has 96 valence electrons. The molecule has 2 atom stereocenters. The number of halogens is 2. The van der Waals surface area contributed by atoms with Gasteiger partial charge >= 0.3 is 0 Å². The van der Waals surface area contributed by atoms with Crippen molar-refractivity contribution in [1.29, 1.82) is 0 Å². The Morgan fingerprint density at radius 1 is 1.29 bits per heavy atom. The largest absolute Gasteiger partial charge is 0.377 e. The van der Waals surface area contributed by atoms with Gasteiger partial charge in [-0.05, 0) is 44.5 Å². The predicted molar refractivity (Wildman–Crippen MR) is 74.0 cm³/mol. The molecule has 0 aliphatic rings. The van der Waals surface area contributed by atoms with Crippen LogP contribution in [0.1, 0.15) is 32.4 Å². The fourth-order valence-electron chi connectivity index (χ4n) is 1.64. The maximum absolute atomic E-state index is 6.14. The number of hydrogen-bond acceptors (Lipinski definition) is 2. The maximum Gasteiger partial charge on any atom is 0.0671 e. The summed E-state index contributed by atoms with van der Waals surface area (Å²) in [6.45, 7) is 7.62. The molecule has 0 aliphatic carbocycles. The van der Waals surface area contributed by atoms with Gasteiger partial charge in [-0.2, -0.15) is 0 Å². The molecule has 17 heavy (non-hydrogen) atoms. The summed E-state index contributed by atoms with van der Waals surface area (Å²) in [5, 5.41) is 4.82. The van der Waals surface area contributed by atoms with E-state index in [9.17, 15) is 0 Å². The zero-order chi connectivity index (χ0) is 12.8. The first-order valence-corrected chi connectivity index (χ1v) is 6.60. The Morgan fingerprint density at radius 3 is 2.65 bits per heavy atom. The molecular formula is C13H19Cl2NO. The average molecular weight is 276 g/mol. The van der Waals surface area contributed by atoms with Crippen LogP contribution in [0.15, 0.2) is 18.2 Å². The highest BCUT2D eigenvalue weighted by Crippen LogP contribution is 2.26. The molecule has 0 spiro atoms. The van der Waals surface area contributed by atoms with Crippen molar-refractivity contribution in [3.8, 4) is 0 Å². The van der Waals surface area contributed by atoms with Gasteiger partial charge in [-0.25, -0.2) is 0 Å². The number of hydrogen-bond donors (Lipinski definition) is 1. The second-order valence-electron chi connectivity index (χ2n) is 4.06. The Balaban J connectivity index is 2.57. The van der Waals surface area contributed by atoms with Crippen LogP contribution in [0.25, 0.3) is 0 Å². The number of rotatable bonds is 6. The van der Waals surface area contributed by atoms with Gasteiger partial charge in [0.25, 0.3) is 0 Å². The summed E-state index contributed by atoms with van der Waals surface area (Å²) in [4.78, 5) is 0. The van der Waals surface area contributed by atoms with E-state index in [1.807, 2.05) is 26.0 Å². The summed E-state index contributed by atoms with van der Waals surface area (Å²) in [7, 11) is 0. The van der Waals surface area contributed by atoms with Crippen LogP contribution in [-0.4, -0.2) is 19.3 Å². The van der Waals surface area contributed by atoms with Crippen LogP contribution < -0.4 is 5.32 Å². The Morgan fingerprint density at radius 2 is 2.00 bits per heavy atom. The van der Waals surface area contributed by atoms with Crippen LogP contribution in [0.2, 0.25) is 10.0 Å². The van der Waals surface area contributed by atoms with Crippen molar-refractivity contribution >= 4 is 23.2 Å². The Labute approximate surface area is 113 Å². The Hall–Kier alpha value is -0.280. The van der Waals surface area contributed by atoms with E-state index in [0.29, 0.717) is 5.02 Å². The summed E-state index contributed by atoms with van der Waals surface area (Å²) in [6, 6.07) is 5.67. The van der Waals surface area contributed by atoms with Crippen molar-refractivity contribution in [2.24, 2.45) is 0 Å². The van der Waals surface area contributed by atoms with Gasteiger partial charge in [-0.1, -0.05) is 23.2 Å². The van der Waals surface area contributed by atoms with E-state index in [1.54, 1.807) is 6.07 Å². The van der Waals surface area contributed by atoms with Gasteiger partial charge in [0, 0.05) is 29.2 Å². The molecule has 2 unspecified atom stereocenters.